The number of rotatable bonds is 7. The monoisotopic (exact) mass is 459 g/mol. The van der Waals surface area contributed by atoms with E-state index in [1.54, 1.807) is 6.92 Å². The molecule has 1 aromatic carbocycles. The lowest BCUT2D eigenvalue weighted by Gasteiger charge is -2.27. The number of carbonyl (C=O) groups excluding carboxylic acids is 1. The molecule has 0 spiro atoms. The molecule has 0 saturated carbocycles. The van der Waals surface area contributed by atoms with E-state index in [-0.39, 0.29) is 24.9 Å². The van der Waals surface area contributed by atoms with Crippen molar-refractivity contribution in [3.8, 4) is 0 Å². The number of nitrogens with one attached hydrogen (secondary N) is 1. The van der Waals surface area contributed by atoms with Crippen LogP contribution in [-0.4, -0.2) is 30.3 Å². The van der Waals surface area contributed by atoms with Crippen LogP contribution in [0.2, 0.25) is 5.02 Å². The number of H-pyrrole nitrogens is 1. The number of benzene rings is 1. The highest BCUT2D eigenvalue weighted by molar-refractivity contribution is 9.10. The second-order valence-electron chi connectivity index (χ2n) is 7.47. The molecule has 0 aliphatic rings. The molecule has 2 rings (SSSR count). The highest BCUT2D eigenvalue weighted by atomic mass is 79.9. The largest absolute Gasteiger partial charge is 0.461 e. The van der Waals surface area contributed by atoms with Crippen molar-refractivity contribution in [3.05, 3.63) is 32.9 Å². The fourth-order valence-electron chi connectivity index (χ4n) is 2.66. The first-order valence-corrected chi connectivity index (χ1v) is 10.1. The van der Waals surface area contributed by atoms with Gasteiger partial charge in [-0.2, -0.15) is 0 Å². The molecule has 27 heavy (non-hydrogen) atoms. The van der Waals surface area contributed by atoms with E-state index in [0.717, 1.165) is 33.8 Å². The summed E-state index contributed by atoms with van der Waals surface area (Å²) in [5, 5.41) is 1.58. The lowest BCUT2D eigenvalue weighted by Crippen LogP contribution is -2.26. The lowest BCUT2D eigenvalue weighted by atomic mass is 9.90. The van der Waals surface area contributed by atoms with Gasteiger partial charge in [-0.1, -0.05) is 45.9 Å². The molecule has 0 aliphatic carbocycles. The fourth-order valence-corrected chi connectivity index (χ4v) is 3.26. The summed E-state index contributed by atoms with van der Waals surface area (Å²) in [5.41, 5.74) is 2.37. The second-order valence-corrected chi connectivity index (χ2v) is 8.67. The molecule has 4 nitrogen and oxygen atoms in total. The molecule has 0 aliphatic heterocycles. The predicted molar refractivity (Wildman–Crippen MR) is 117 cm³/mol. The Morgan fingerprint density at radius 1 is 1.33 bits per heavy atom. The standard InChI is InChI=1S/C20H27BrClNO3.CH4/c1-6-25-19(24)18-13(8-7-11-26-12(2)20(3,4)5)14-9-10-15(22)16(21)17(14)23-18;/h9-10,12,23H,6-8,11H2,1-5H3;1H4. The lowest BCUT2D eigenvalue weighted by molar-refractivity contribution is -0.00565. The maximum absolute atomic E-state index is 12.4. The molecule has 1 atom stereocenters. The summed E-state index contributed by atoms with van der Waals surface area (Å²) < 4.78 is 11.9. The summed E-state index contributed by atoms with van der Waals surface area (Å²) >= 11 is 9.69. The van der Waals surface area contributed by atoms with Crippen LogP contribution in [0.5, 0.6) is 0 Å². The Morgan fingerprint density at radius 3 is 2.59 bits per heavy atom. The van der Waals surface area contributed by atoms with Crippen LogP contribution in [0.25, 0.3) is 10.9 Å². The molecule has 0 saturated heterocycles. The highest BCUT2D eigenvalue weighted by Crippen LogP contribution is 2.34. The van der Waals surface area contributed by atoms with Gasteiger partial charge in [0, 0.05) is 12.0 Å². The molecule has 152 valence electrons. The number of aryl methyl sites for hydroxylation is 1. The van der Waals surface area contributed by atoms with Crippen molar-refractivity contribution in [3.63, 3.8) is 0 Å². The number of hydrogen-bond acceptors (Lipinski definition) is 3. The van der Waals surface area contributed by atoms with E-state index in [0.29, 0.717) is 23.9 Å². The van der Waals surface area contributed by atoms with Crippen LogP contribution in [0.4, 0.5) is 0 Å². The van der Waals surface area contributed by atoms with Gasteiger partial charge in [0.2, 0.25) is 0 Å². The predicted octanol–water partition coefficient (Wildman–Crippen LogP) is 6.78. The van der Waals surface area contributed by atoms with E-state index in [9.17, 15) is 4.79 Å². The van der Waals surface area contributed by atoms with E-state index in [2.05, 4.69) is 48.6 Å². The zero-order valence-electron chi connectivity index (χ0n) is 16.0. The van der Waals surface area contributed by atoms with Gasteiger partial charge in [-0.05, 0) is 59.7 Å². The normalized spacial score (nSPS) is 12.7. The number of fused-ring (bicyclic) bond motifs is 1. The van der Waals surface area contributed by atoms with Gasteiger partial charge in [-0.25, -0.2) is 4.79 Å². The van der Waals surface area contributed by atoms with Gasteiger partial charge in [0.05, 0.1) is 27.7 Å². The molecule has 6 heteroatoms. The van der Waals surface area contributed by atoms with Gasteiger partial charge in [-0.3, -0.25) is 0 Å². The zero-order valence-corrected chi connectivity index (χ0v) is 18.4. The van der Waals surface area contributed by atoms with Gasteiger partial charge in [0.1, 0.15) is 5.69 Å². The van der Waals surface area contributed by atoms with E-state index in [1.807, 2.05) is 12.1 Å². The second kappa shape index (κ2) is 9.94. The van der Waals surface area contributed by atoms with E-state index in [1.165, 1.54) is 0 Å². The number of hydrogen-bond donors (Lipinski definition) is 1. The average molecular weight is 461 g/mol. The van der Waals surface area contributed by atoms with E-state index < -0.39 is 0 Å². The molecule has 1 aromatic heterocycles. The van der Waals surface area contributed by atoms with Crippen LogP contribution < -0.4 is 0 Å². The minimum atomic E-state index is -0.342. The smallest absolute Gasteiger partial charge is 0.355 e. The van der Waals surface area contributed by atoms with Gasteiger partial charge >= 0.3 is 5.97 Å². The average Bonchev–Trinajstić information content (AvgIpc) is 2.93. The number of halogens is 2. The molecule has 0 amide bonds. The topological polar surface area (TPSA) is 51.3 Å². The van der Waals surface area contributed by atoms with Crippen molar-refractivity contribution in [1.82, 2.24) is 4.98 Å². The van der Waals surface area contributed by atoms with Gasteiger partial charge in [-0.15, -0.1) is 0 Å². The Hall–Kier alpha value is -1.04. The maximum Gasteiger partial charge on any atom is 0.355 e. The summed E-state index contributed by atoms with van der Waals surface area (Å²) in [7, 11) is 0. The summed E-state index contributed by atoms with van der Waals surface area (Å²) in [4.78, 5) is 15.6. The minimum absolute atomic E-state index is 0. The van der Waals surface area contributed by atoms with Crippen LogP contribution in [0.3, 0.4) is 0 Å². The van der Waals surface area contributed by atoms with E-state index >= 15 is 0 Å². The van der Waals surface area contributed by atoms with Crippen LogP contribution in [0, 0.1) is 5.41 Å². The molecule has 2 aromatic rings. The van der Waals surface area contributed by atoms with Gasteiger partial charge in [0.15, 0.2) is 0 Å². The Morgan fingerprint density at radius 2 is 2.00 bits per heavy atom. The summed E-state index contributed by atoms with van der Waals surface area (Å²) in [6.07, 6.45) is 1.71. The highest BCUT2D eigenvalue weighted by Gasteiger charge is 2.22. The third kappa shape index (κ3) is 5.72. The molecule has 0 fully saturated rings. The molecule has 0 radical (unpaired) electrons. The third-order valence-corrected chi connectivity index (χ3v) is 5.98. The summed E-state index contributed by atoms with van der Waals surface area (Å²) in [5.74, 6) is -0.342. The molecular weight excluding hydrogens is 430 g/mol. The number of carbonyl (C=O) groups is 1. The van der Waals surface area contributed by atoms with Crippen LogP contribution >= 0.6 is 27.5 Å². The van der Waals surface area contributed by atoms with Crippen molar-refractivity contribution >= 4 is 44.4 Å². The van der Waals surface area contributed by atoms with Gasteiger partial charge < -0.3 is 14.5 Å². The molecule has 1 heterocycles. The first-order valence-electron chi connectivity index (χ1n) is 8.94. The Balaban J connectivity index is 0.00000364. The first kappa shape index (κ1) is 24.0. The summed E-state index contributed by atoms with van der Waals surface area (Å²) in [6.45, 7) is 11.4. The van der Waals surface area contributed by atoms with Gasteiger partial charge in [0.25, 0.3) is 0 Å². The van der Waals surface area contributed by atoms with Crippen molar-refractivity contribution in [2.24, 2.45) is 5.41 Å². The molecular formula is C21H31BrClNO3. The molecule has 0 bridgehead atoms. The molecule has 1 unspecified atom stereocenters. The van der Waals surface area contributed by atoms with Crippen molar-refractivity contribution in [2.45, 2.75) is 61.0 Å². The maximum atomic E-state index is 12.4. The quantitative estimate of drug-likeness (QED) is 0.366. The minimum Gasteiger partial charge on any atom is -0.461 e. The Kier molecular flexibility index (Phi) is 8.84. The van der Waals surface area contributed by atoms with Crippen LogP contribution in [-0.2, 0) is 15.9 Å². The van der Waals surface area contributed by atoms with Crippen LogP contribution in [0.1, 0.15) is 64.5 Å². The number of aromatic amines is 1. The number of aromatic nitrogens is 1. The first-order chi connectivity index (χ1) is 12.2. The third-order valence-electron chi connectivity index (χ3n) is 4.61. The molecule has 1 N–H and O–H groups in total. The van der Waals surface area contributed by atoms with Crippen LogP contribution in [0.15, 0.2) is 16.6 Å². The van der Waals surface area contributed by atoms with Crippen molar-refractivity contribution in [1.29, 1.82) is 0 Å². The summed E-state index contributed by atoms with van der Waals surface area (Å²) in [6, 6.07) is 3.77. The fraction of sp³-hybridized carbons (Fsp3) is 0.571. The Bertz CT molecular complexity index is 780. The number of esters is 1. The SMILES string of the molecule is C.CCOC(=O)c1[nH]c2c(Br)c(Cl)ccc2c1CCCOC(C)C(C)(C)C. The van der Waals surface area contributed by atoms with Crippen molar-refractivity contribution in [2.75, 3.05) is 13.2 Å². The number of ether oxygens (including phenoxy) is 2. The zero-order chi connectivity index (χ0) is 19.5. The Labute approximate surface area is 176 Å². The van der Waals surface area contributed by atoms with E-state index in [4.69, 9.17) is 21.1 Å². The van der Waals surface area contributed by atoms with Crippen molar-refractivity contribution < 1.29 is 14.3 Å².